The van der Waals surface area contributed by atoms with Crippen molar-refractivity contribution in [2.45, 2.75) is 24.8 Å². The molecule has 0 aromatic heterocycles. The Morgan fingerprint density at radius 1 is 1.20 bits per heavy atom. The number of hydrogen-bond acceptors (Lipinski definition) is 4. The number of anilines is 1. The van der Waals surface area contributed by atoms with Crippen LogP contribution >= 0.6 is 15.9 Å². The van der Waals surface area contributed by atoms with E-state index in [4.69, 9.17) is 5.73 Å². The minimum Gasteiger partial charge on any atom is -0.369 e. The molecule has 1 aromatic rings. The molecule has 3 rings (SSSR count). The molecule has 0 radical (unpaired) electrons. The molecule has 1 spiro atoms. The summed E-state index contributed by atoms with van der Waals surface area (Å²) >= 11 is 3.49. The van der Waals surface area contributed by atoms with Gasteiger partial charge < -0.3 is 15.5 Å². The molecule has 108 valence electrons. The maximum atomic E-state index is 6.19. The molecule has 1 aromatic carbocycles. The molecule has 20 heavy (non-hydrogen) atoms. The molecule has 1 unspecified atom stereocenters. The summed E-state index contributed by atoms with van der Waals surface area (Å²) in [4.78, 5) is 9.22. The van der Waals surface area contributed by atoms with E-state index in [9.17, 15) is 0 Å². The molecule has 2 aliphatic rings. The molecule has 2 N–H and O–H groups in total. The molecular weight excluding hydrogens is 316 g/mol. The number of hydrogen-bond donors (Lipinski definition) is 1. The molecule has 2 heterocycles. The quantitative estimate of drug-likeness (QED) is 0.856. The summed E-state index contributed by atoms with van der Waals surface area (Å²) in [6, 6.07) is 8.37. The van der Waals surface area contributed by atoms with Gasteiger partial charge in [-0.2, -0.15) is 0 Å². The zero-order chi connectivity index (χ0) is 14.2. The molecular formula is C15H21BrN4. The molecule has 0 saturated carbocycles. The molecule has 0 amide bonds. The highest BCUT2D eigenvalue weighted by molar-refractivity contribution is 9.10. The van der Waals surface area contributed by atoms with Gasteiger partial charge in [-0.25, -0.2) is 0 Å². The zero-order valence-corrected chi connectivity index (χ0v) is 13.4. The lowest BCUT2D eigenvalue weighted by Gasteiger charge is -2.38. The minimum absolute atomic E-state index is 0.0721. The van der Waals surface area contributed by atoms with Crippen LogP contribution in [0.5, 0.6) is 0 Å². The standard InChI is InChI=1S/C15H21BrN4/c1-19-9-2-7-15(8-10-19)11-18-14(17)20(15)13-5-3-12(16)4-6-13/h3-6H,2,7-11H2,1H3,(H2,17,18). The molecule has 1 atom stereocenters. The molecule has 1 fully saturated rings. The van der Waals surface area contributed by atoms with Crippen molar-refractivity contribution in [1.82, 2.24) is 4.90 Å². The molecule has 4 nitrogen and oxygen atoms in total. The van der Waals surface area contributed by atoms with E-state index in [1.807, 2.05) is 0 Å². The van der Waals surface area contributed by atoms with E-state index in [1.165, 1.54) is 6.42 Å². The second-order valence-corrected chi connectivity index (χ2v) is 6.78. The van der Waals surface area contributed by atoms with Crippen molar-refractivity contribution < 1.29 is 0 Å². The highest BCUT2D eigenvalue weighted by atomic mass is 79.9. The van der Waals surface area contributed by atoms with Crippen molar-refractivity contribution in [3.63, 3.8) is 0 Å². The van der Waals surface area contributed by atoms with Crippen LogP contribution in [0.4, 0.5) is 5.69 Å². The van der Waals surface area contributed by atoms with Crippen molar-refractivity contribution >= 4 is 27.6 Å². The van der Waals surface area contributed by atoms with Gasteiger partial charge in [-0.05, 0) is 57.1 Å². The lowest BCUT2D eigenvalue weighted by molar-refractivity contribution is 0.334. The van der Waals surface area contributed by atoms with Gasteiger partial charge in [0.2, 0.25) is 0 Å². The predicted octanol–water partition coefficient (Wildman–Crippen LogP) is 2.44. The van der Waals surface area contributed by atoms with Crippen molar-refractivity contribution in [2.75, 3.05) is 31.6 Å². The fourth-order valence-electron chi connectivity index (χ4n) is 3.30. The lowest BCUT2D eigenvalue weighted by atomic mass is 9.89. The number of rotatable bonds is 1. The summed E-state index contributed by atoms with van der Waals surface area (Å²) in [5.41, 5.74) is 7.41. The molecule has 0 bridgehead atoms. The van der Waals surface area contributed by atoms with Gasteiger partial charge >= 0.3 is 0 Å². The Morgan fingerprint density at radius 3 is 2.70 bits per heavy atom. The second kappa shape index (κ2) is 5.37. The van der Waals surface area contributed by atoms with Crippen molar-refractivity contribution in [2.24, 2.45) is 10.7 Å². The maximum Gasteiger partial charge on any atom is 0.196 e. The Morgan fingerprint density at radius 2 is 1.95 bits per heavy atom. The van der Waals surface area contributed by atoms with Crippen LogP contribution < -0.4 is 10.6 Å². The van der Waals surface area contributed by atoms with Gasteiger partial charge in [0, 0.05) is 16.7 Å². The Balaban J connectivity index is 1.93. The van der Waals surface area contributed by atoms with Gasteiger partial charge in [0.1, 0.15) is 0 Å². The fraction of sp³-hybridized carbons (Fsp3) is 0.533. The van der Waals surface area contributed by atoms with Crippen LogP contribution in [0, 0.1) is 0 Å². The first-order valence-corrected chi connectivity index (χ1v) is 7.94. The van der Waals surface area contributed by atoms with Crippen molar-refractivity contribution in [3.8, 4) is 0 Å². The van der Waals surface area contributed by atoms with E-state index in [0.717, 1.165) is 42.6 Å². The maximum absolute atomic E-state index is 6.19. The predicted molar refractivity (Wildman–Crippen MR) is 87.2 cm³/mol. The number of guanidine groups is 1. The Bertz CT molecular complexity index is 513. The zero-order valence-electron chi connectivity index (χ0n) is 11.8. The summed E-state index contributed by atoms with van der Waals surface area (Å²) in [5, 5.41) is 0. The Hall–Kier alpha value is -1.07. The number of aliphatic imine (C=N–C) groups is 1. The summed E-state index contributed by atoms with van der Waals surface area (Å²) in [5.74, 6) is 0.664. The minimum atomic E-state index is 0.0721. The summed E-state index contributed by atoms with van der Waals surface area (Å²) < 4.78 is 1.09. The largest absolute Gasteiger partial charge is 0.369 e. The topological polar surface area (TPSA) is 44.9 Å². The number of benzene rings is 1. The van der Waals surface area contributed by atoms with Crippen LogP contribution in [0.2, 0.25) is 0 Å². The van der Waals surface area contributed by atoms with Gasteiger partial charge in [0.05, 0.1) is 12.1 Å². The van der Waals surface area contributed by atoms with Crippen LogP contribution in [-0.2, 0) is 0 Å². The fourth-order valence-corrected chi connectivity index (χ4v) is 3.57. The van der Waals surface area contributed by atoms with Crippen LogP contribution in [-0.4, -0.2) is 43.1 Å². The molecule has 2 aliphatic heterocycles. The van der Waals surface area contributed by atoms with E-state index in [2.05, 4.69) is 62.0 Å². The lowest BCUT2D eigenvalue weighted by Crippen LogP contribution is -2.52. The number of nitrogens with zero attached hydrogens (tertiary/aromatic N) is 3. The SMILES string of the molecule is CN1CCCC2(CC1)CN=C(N)N2c1ccc(Br)cc1. The summed E-state index contributed by atoms with van der Waals surface area (Å²) in [6.07, 6.45) is 3.47. The Labute approximate surface area is 128 Å². The average molecular weight is 337 g/mol. The van der Waals surface area contributed by atoms with Crippen LogP contribution in [0.1, 0.15) is 19.3 Å². The summed E-state index contributed by atoms with van der Waals surface area (Å²) in [6.45, 7) is 3.09. The third-order valence-electron chi connectivity index (χ3n) is 4.46. The monoisotopic (exact) mass is 336 g/mol. The van der Waals surface area contributed by atoms with Gasteiger partial charge in [-0.1, -0.05) is 15.9 Å². The molecule has 0 aliphatic carbocycles. The third kappa shape index (κ3) is 2.44. The molecule has 1 saturated heterocycles. The van der Waals surface area contributed by atoms with Crippen LogP contribution in [0.3, 0.4) is 0 Å². The highest BCUT2D eigenvalue weighted by Gasteiger charge is 2.43. The van der Waals surface area contributed by atoms with E-state index in [1.54, 1.807) is 0 Å². The summed E-state index contributed by atoms with van der Waals surface area (Å²) in [7, 11) is 2.20. The first-order valence-electron chi connectivity index (χ1n) is 7.15. The third-order valence-corrected chi connectivity index (χ3v) is 4.99. The van der Waals surface area contributed by atoms with Gasteiger partial charge in [-0.15, -0.1) is 0 Å². The number of halogens is 1. The number of nitrogens with two attached hydrogens (primary N) is 1. The first kappa shape index (κ1) is 13.9. The smallest absolute Gasteiger partial charge is 0.196 e. The van der Waals surface area contributed by atoms with Crippen LogP contribution in [0.25, 0.3) is 0 Å². The van der Waals surface area contributed by atoms with E-state index < -0.39 is 0 Å². The van der Waals surface area contributed by atoms with E-state index in [-0.39, 0.29) is 5.54 Å². The van der Waals surface area contributed by atoms with Gasteiger partial charge in [0.15, 0.2) is 5.96 Å². The normalized spacial score (nSPS) is 27.7. The van der Waals surface area contributed by atoms with Gasteiger partial charge in [0.25, 0.3) is 0 Å². The molecule has 5 heteroatoms. The van der Waals surface area contributed by atoms with Crippen molar-refractivity contribution in [1.29, 1.82) is 0 Å². The average Bonchev–Trinajstić information content (AvgIpc) is 2.63. The van der Waals surface area contributed by atoms with Crippen LogP contribution in [0.15, 0.2) is 33.7 Å². The van der Waals surface area contributed by atoms with E-state index >= 15 is 0 Å². The van der Waals surface area contributed by atoms with Gasteiger partial charge in [-0.3, -0.25) is 4.99 Å². The second-order valence-electron chi connectivity index (χ2n) is 5.87. The van der Waals surface area contributed by atoms with Crippen molar-refractivity contribution in [3.05, 3.63) is 28.7 Å². The first-order chi connectivity index (χ1) is 9.61. The Kier molecular flexibility index (Phi) is 3.73. The highest BCUT2D eigenvalue weighted by Crippen LogP contribution is 2.36. The number of likely N-dealkylation sites (tertiary alicyclic amines) is 1. The van der Waals surface area contributed by atoms with E-state index in [0.29, 0.717) is 5.96 Å².